The third-order valence-corrected chi connectivity index (χ3v) is 6.36. The smallest absolute Gasteiger partial charge is 0.327 e. The summed E-state index contributed by atoms with van der Waals surface area (Å²) in [5.74, 6) is 1.57. The number of aryl methyl sites for hydroxylation is 1. The van der Waals surface area contributed by atoms with Crippen LogP contribution in [0, 0.1) is 6.92 Å². The molecule has 1 unspecified atom stereocenters. The van der Waals surface area contributed by atoms with Gasteiger partial charge in [-0.15, -0.1) is 0 Å². The molecule has 0 fully saturated rings. The average Bonchev–Trinajstić information content (AvgIpc) is 2.75. The van der Waals surface area contributed by atoms with Crippen molar-refractivity contribution in [1.29, 1.82) is 0 Å². The summed E-state index contributed by atoms with van der Waals surface area (Å²) in [4.78, 5) is 19.8. The number of aliphatic carboxylic acids is 1. The first kappa shape index (κ1) is 29.7. The van der Waals surface area contributed by atoms with Gasteiger partial charge in [0.2, 0.25) is 0 Å². The topological polar surface area (TPSA) is 75.1 Å². The van der Waals surface area contributed by atoms with E-state index in [9.17, 15) is 9.90 Å². The molecule has 6 heteroatoms. The number of hydrogen-bond acceptors (Lipinski definition) is 5. The zero-order valence-electron chi connectivity index (χ0n) is 21.9. The predicted octanol–water partition coefficient (Wildman–Crippen LogP) is 7.53. The van der Waals surface area contributed by atoms with Gasteiger partial charge < -0.3 is 10.4 Å². The van der Waals surface area contributed by atoms with Gasteiger partial charge >= 0.3 is 5.97 Å². The minimum atomic E-state index is -0.872. The van der Waals surface area contributed by atoms with Gasteiger partial charge in [-0.1, -0.05) is 46.6 Å². The highest BCUT2D eigenvalue weighted by molar-refractivity contribution is 7.99. The first-order chi connectivity index (χ1) is 16.2. The predicted molar refractivity (Wildman–Crippen MR) is 148 cm³/mol. The summed E-state index contributed by atoms with van der Waals surface area (Å²) < 4.78 is 0. The third-order valence-electron chi connectivity index (χ3n) is 5.38. The van der Waals surface area contributed by atoms with Crippen molar-refractivity contribution in [2.75, 3.05) is 16.8 Å². The standard InChI is InChI=1S/C28H43N3O2S/c1-21(2)10-7-11-22(3)12-8-13-23(4)14-9-15-24(5)17-19-34-20-26(28(32)33)31-27-16-18-29-25(6)30-27/h10,12,14,16-18,26H,7-9,11,13,15,19-20H2,1-6H3,(H,32,33)(H,29,30,31)/b22-12+,23-14+,24-17+. The van der Waals surface area contributed by atoms with E-state index < -0.39 is 12.0 Å². The summed E-state index contributed by atoms with van der Waals surface area (Å²) >= 11 is 1.61. The number of nitrogens with zero attached hydrogens (tertiary/aromatic N) is 2. The van der Waals surface area contributed by atoms with Gasteiger partial charge in [-0.3, -0.25) is 0 Å². The number of carboxylic acid groups (broad SMARTS) is 1. The molecule has 2 N–H and O–H groups in total. The third kappa shape index (κ3) is 14.7. The average molecular weight is 486 g/mol. The van der Waals surface area contributed by atoms with Gasteiger partial charge in [0.25, 0.3) is 0 Å². The van der Waals surface area contributed by atoms with Crippen LogP contribution in [-0.4, -0.2) is 38.6 Å². The van der Waals surface area contributed by atoms with Gasteiger partial charge in [0.05, 0.1) is 0 Å². The number of anilines is 1. The fourth-order valence-electron chi connectivity index (χ4n) is 3.26. The lowest BCUT2D eigenvalue weighted by molar-refractivity contribution is -0.137. The molecule has 1 aromatic rings. The van der Waals surface area contributed by atoms with Crippen molar-refractivity contribution < 1.29 is 9.90 Å². The van der Waals surface area contributed by atoms with Gasteiger partial charge in [0, 0.05) is 17.7 Å². The second-order valence-electron chi connectivity index (χ2n) is 9.11. The molecule has 0 saturated heterocycles. The first-order valence-corrected chi connectivity index (χ1v) is 13.3. The molecule has 1 aromatic heterocycles. The highest BCUT2D eigenvalue weighted by Crippen LogP contribution is 2.15. The van der Waals surface area contributed by atoms with Crippen LogP contribution in [0.3, 0.4) is 0 Å². The first-order valence-electron chi connectivity index (χ1n) is 12.1. The zero-order chi connectivity index (χ0) is 25.3. The van der Waals surface area contributed by atoms with E-state index in [2.05, 4.69) is 74.2 Å². The van der Waals surface area contributed by atoms with Crippen LogP contribution in [0.25, 0.3) is 0 Å². The summed E-state index contributed by atoms with van der Waals surface area (Å²) in [6.45, 7) is 12.7. The molecule has 1 atom stereocenters. The minimum Gasteiger partial charge on any atom is -0.480 e. The number of thioether (sulfide) groups is 1. The second kappa shape index (κ2) is 17.1. The molecule has 0 amide bonds. The number of carbonyl (C=O) groups is 1. The lowest BCUT2D eigenvalue weighted by Crippen LogP contribution is -2.32. The maximum atomic E-state index is 11.6. The van der Waals surface area contributed by atoms with E-state index in [1.54, 1.807) is 30.9 Å². The number of aromatic nitrogens is 2. The number of nitrogens with one attached hydrogen (secondary N) is 1. The molecule has 0 aliphatic heterocycles. The Labute approximate surface area is 210 Å². The molecular weight excluding hydrogens is 442 g/mol. The van der Waals surface area contributed by atoms with Crippen LogP contribution in [0.4, 0.5) is 5.82 Å². The molecule has 0 saturated carbocycles. The number of hydrogen-bond donors (Lipinski definition) is 2. The Bertz CT molecular complexity index is 883. The number of rotatable bonds is 16. The Morgan fingerprint density at radius 2 is 1.53 bits per heavy atom. The molecular formula is C28H43N3O2S. The van der Waals surface area contributed by atoms with Crippen molar-refractivity contribution in [3.8, 4) is 0 Å². The van der Waals surface area contributed by atoms with E-state index in [-0.39, 0.29) is 0 Å². The molecule has 0 bridgehead atoms. The Hall–Kier alpha value is -2.34. The lowest BCUT2D eigenvalue weighted by Gasteiger charge is -2.14. The highest BCUT2D eigenvalue weighted by atomic mass is 32.2. The molecule has 0 aliphatic rings. The summed E-state index contributed by atoms with van der Waals surface area (Å²) in [5, 5.41) is 12.5. The van der Waals surface area contributed by atoms with Crippen LogP contribution in [0.2, 0.25) is 0 Å². The minimum absolute atomic E-state index is 0.475. The van der Waals surface area contributed by atoms with Crippen LogP contribution >= 0.6 is 11.8 Å². The quantitative estimate of drug-likeness (QED) is 0.186. The molecule has 0 aromatic carbocycles. The normalized spacial score (nSPS) is 13.5. The van der Waals surface area contributed by atoms with Crippen LogP contribution in [0.5, 0.6) is 0 Å². The Morgan fingerprint density at radius 1 is 0.971 bits per heavy atom. The van der Waals surface area contributed by atoms with Crippen LogP contribution in [0.1, 0.15) is 79.0 Å². The maximum absolute atomic E-state index is 11.6. The van der Waals surface area contributed by atoms with E-state index in [4.69, 9.17) is 0 Å². The van der Waals surface area contributed by atoms with E-state index in [1.165, 1.54) is 22.3 Å². The number of allylic oxidation sites excluding steroid dienone is 7. The Kier molecular flexibility index (Phi) is 15.0. The highest BCUT2D eigenvalue weighted by Gasteiger charge is 2.17. The molecule has 188 valence electrons. The molecule has 34 heavy (non-hydrogen) atoms. The van der Waals surface area contributed by atoms with E-state index in [1.807, 2.05) is 0 Å². The van der Waals surface area contributed by atoms with Gasteiger partial charge in [0.1, 0.15) is 17.7 Å². The molecule has 1 heterocycles. The van der Waals surface area contributed by atoms with E-state index in [0.717, 1.165) is 44.3 Å². The lowest BCUT2D eigenvalue weighted by atomic mass is 10.0. The van der Waals surface area contributed by atoms with Crippen molar-refractivity contribution in [1.82, 2.24) is 9.97 Å². The maximum Gasteiger partial charge on any atom is 0.327 e. The number of carboxylic acids is 1. The summed E-state index contributed by atoms with van der Waals surface area (Å²) in [5.41, 5.74) is 5.67. The molecule has 0 aliphatic carbocycles. The fourth-order valence-corrected chi connectivity index (χ4v) is 4.26. The van der Waals surface area contributed by atoms with Crippen molar-refractivity contribution in [3.05, 3.63) is 64.7 Å². The van der Waals surface area contributed by atoms with Crippen molar-refractivity contribution in [2.45, 2.75) is 86.1 Å². The SMILES string of the molecule is CC(C)=CCC/C(C)=C/CC/C(C)=C/CC/C(C)=C/CSCC(Nc1ccnc(C)n1)C(=O)O. The molecule has 0 spiro atoms. The van der Waals surface area contributed by atoms with Gasteiger partial charge in [-0.2, -0.15) is 11.8 Å². The molecule has 0 radical (unpaired) electrons. The summed E-state index contributed by atoms with van der Waals surface area (Å²) in [6, 6.07) is 1.01. The monoisotopic (exact) mass is 485 g/mol. The summed E-state index contributed by atoms with van der Waals surface area (Å²) in [6.07, 6.45) is 17.5. The van der Waals surface area contributed by atoms with E-state index in [0.29, 0.717) is 17.4 Å². The van der Waals surface area contributed by atoms with Crippen LogP contribution in [0.15, 0.2) is 58.9 Å². The van der Waals surface area contributed by atoms with Crippen molar-refractivity contribution >= 4 is 23.5 Å². The van der Waals surface area contributed by atoms with Gasteiger partial charge in [-0.25, -0.2) is 14.8 Å². The van der Waals surface area contributed by atoms with Crippen LogP contribution in [-0.2, 0) is 4.79 Å². The van der Waals surface area contributed by atoms with Crippen molar-refractivity contribution in [3.63, 3.8) is 0 Å². The van der Waals surface area contributed by atoms with E-state index >= 15 is 0 Å². The molecule has 1 rings (SSSR count). The zero-order valence-corrected chi connectivity index (χ0v) is 22.7. The van der Waals surface area contributed by atoms with Crippen LogP contribution < -0.4 is 5.32 Å². The largest absolute Gasteiger partial charge is 0.480 e. The Balaban J connectivity index is 2.31. The molecule has 5 nitrogen and oxygen atoms in total. The van der Waals surface area contributed by atoms with Crippen molar-refractivity contribution in [2.24, 2.45) is 0 Å². The second-order valence-corrected chi connectivity index (χ2v) is 10.2. The fraction of sp³-hybridized carbons (Fsp3) is 0.536. The van der Waals surface area contributed by atoms with Gasteiger partial charge in [-0.05, 0) is 86.1 Å². The Morgan fingerprint density at radius 3 is 2.06 bits per heavy atom. The summed E-state index contributed by atoms with van der Waals surface area (Å²) in [7, 11) is 0. The van der Waals surface area contributed by atoms with Gasteiger partial charge in [0.15, 0.2) is 0 Å².